The van der Waals surface area contributed by atoms with E-state index < -0.39 is 15.9 Å². The Hall–Kier alpha value is -1.31. The van der Waals surface area contributed by atoms with Gasteiger partial charge in [0.2, 0.25) is 15.9 Å². The number of halogens is 3. The van der Waals surface area contributed by atoms with Crippen LogP contribution in [-0.2, 0) is 14.8 Å². The lowest BCUT2D eigenvalue weighted by Gasteiger charge is -2.17. The van der Waals surface area contributed by atoms with E-state index in [0.29, 0.717) is 15.7 Å². The Kier molecular flexibility index (Phi) is 6.11. The van der Waals surface area contributed by atoms with E-state index in [0.717, 1.165) is 4.31 Å². The molecule has 0 aliphatic heterocycles. The second kappa shape index (κ2) is 7.72. The minimum absolute atomic E-state index is 0.0525. The molecule has 24 heavy (non-hydrogen) atoms. The van der Waals surface area contributed by atoms with Crippen LogP contribution < -0.4 is 5.32 Å². The lowest BCUT2D eigenvalue weighted by molar-refractivity contribution is -0.116. The van der Waals surface area contributed by atoms with Gasteiger partial charge in [0.1, 0.15) is 0 Å². The van der Waals surface area contributed by atoms with Crippen LogP contribution in [0.5, 0.6) is 0 Å². The molecule has 1 N–H and O–H groups in total. The van der Waals surface area contributed by atoms with Gasteiger partial charge in [0.05, 0.1) is 21.5 Å². The summed E-state index contributed by atoms with van der Waals surface area (Å²) >= 11 is 17.4. The molecule has 0 heterocycles. The lowest BCUT2D eigenvalue weighted by Crippen LogP contribution is -2.34. The van der Waals surface area contributed by atoms with Crippen LogP contribution >= 0.6 is 34.8 Å². The zero-order valence-electron chi connectivity index (χ0n) is 12.5. The van der Waals surface area contributed by atoms with Crippen LogP contribution in [0.1, 0.15) is 0 Å². The summed E-state index contributed by atoms with van der Waals surface area (Å²) in [5.41, 5.74) is 0.423. The van der Waals surface area contributed by atoms with E-state index in [4.69, 9.17) is 34.8 Å². The number of anilines is 1. The number of carbonyl (C=O) groups excluding carboxylic acids is 1. The van der Waals surface area contributed by atoms with Crippen LogP contribution in [0, 0.1) is 0 Å². The van der Waals surface area contributed by atoms with Gasteiger partial charge in [-0.3, -0.25) is 4.79 Å². The Balaban J connectivity index is 2.07. The Morgan fingerprint density at radius 2 is 1.67 bits per heavy atom. The third-order valence-corrected chi connectivity index (χ3v) is 5.90. The van der Waals surface area contributed by atoms with Gasteiger partial charge in [0, 0.05) is 17.8 Å². The molecule has 0 aliphatic rings. The van der Waals surface area contributed by atoms with Crippen molar-refractivity contribution in [3.63, 3.8) is 0 Å². The van der Waals surface area contributed by atoms with E-state index in [1.807, 2.05) is 0 Å². The maximum atomic E-state index is 12.4. The Morgan fingerprint density at radius 3 is 2.25 bits per heavy atom. The van der Waals surface area contributed by atoms with Crippen LogP contribution in [-0.4, -0.2) is 32.2 Å². The molecule has 0 aromatic heterocycles. The number of amides is 1. The van der Waals surface area contributed by atoms with Crippen molar-refractivity contribution in [1.29, 1.82) is 0 Å². The first kappa shape index (κ1) is 19.0. The summed E-state index contributed by atoms with van der Waals surface area (Å²) in [6.07, 6.45) is 0. The number of nitrogens with one attached hydrogen (secondary N) is 1. The highest BCUT2D eigenvalue weighted by molar-refractivity contribution is 7.89. The molecule has 2 rings (SSSR count). The highest BCUT2D eigenvalue weighted by atomic mass is 35.5. The number of benzene rings is 2. The number of hydrogen-bond donors (Lipinski definition) is 1. The van der Waals surface area contributed by atoms with Crippen molar-refractivity contribution in [3.05, 3.63) is 57.5 Å². The third-order valence-electron chi connectivity index (χ3n) is 3.09. The minimum atomic E-state index is -3.79. The number of carbonyl (C=O) groups is 1. The van der Waals surface area contributed by atoms with Crippen molar-refractivity contribution >= 4 is 56.4 Å². The second-order valence-electron chi connectivity index (χ2n) is 4.89. The zero-order valence-corrected chi connectivity index (χ0v) is 15.5. The van der Waals surface area contributed by atoms with Crippen LogP contribution in [0.4, 0.5) is 5.69 Å². The molecule has 0 saturated carbocycles. The Morgan fingerprint density at radius 1 is 1.04 bits per heavy atom. The molecule has 1 amide bonds. The van der Waals surface area contributed by atoms with Crippen LogP contribution in [0.15, 0.2) is 47.4 Å². The standard InChI is InChI=1S/C15H13Cl3N2O3S/c1-20(24(22,23)12-5-2-10(16)3-6-12)9-15(21)19-11-4-7-13(17)14(18)8-11/h2-8H,9H2,1H3,(H,19,21). The minimum Gasteiger partial charge on any atom is -0.325 e. The number of likely N-dealkylation sites (N-methyl/N-ethyl adjacent to an activating group) is 1. The molecule has 0 spiro atoms. The highest BCUT2D eigenvalue weighted by Crippen LogP contribution is 2.25. The Bertz CT molecular complexity index is 855. The quantitative estimate of drug-likeness (QED) is 0.817. The van der Waals surface area contributed by atoms with Crippen LogP contribution in [0.2, 0.25) is 15.1 Å². The molecular formula is C15H13Cl3N2O3S. The maximum Gasteiger partial charge on any atom is 0.243 e. The number of sulfonamides is 1. The van der Waals surface area contributed by atoms with Crippen molar-refractivity contribution in [2.24, 2.45) is 0 Å². The average Bonchev–Trinajstić information content (AvgIpc) is 2.51. The summed E-state index contributed by atoms with van der Waals surface area (Å²) in [5, 5.41) is 3.64. The zero-order chi connectivity index (χ0) is 17.9. The molecule has 0 fully saturated rings. The van der Waals surface area contributed by atoms with E-state index in [1.54, 1.807) is 6.07 Å². The summed E-state index contributed by atoms with van der Waals surface area (Å²) in [6, 6.07) is 10.3. The van der Waals surface area contributed by atoms with E-state index in [9.17, 15) is 13.2 Å². The first-order valence-corrected chi connectivity index (χ1v) is 9.24. The van der Waals surface area contributed by atoms with Gasteiger partial charge >= 0.3 is 0 Å². The fourth-order valence-corrected chi connectivity index (χ4v) is 3.40. The van der Waals surface area contributed by atoms with Crippen molar-refractivity contribution in [2.75, 3.05) is 18.9 Å². The van der Waals surface area contributed by atoms with Gasteiger partial charge in [-0.05, 0) is 42.5 Å². The van der Waals surface area contributed by atoms with Crippen molar-refractivity contribution in [1.82, 2.24) is 4.31 Å². The fraction of sp³-hybridized carbons (Fsp3) is 0.133. The third kappa shape index (κ3) is 4.62. The summed E-state index contributed by atoms with van der Waals surface area (Å²) in [6.45, 7) is -0.356. The van der Waals surface area contributed by atoms with Crippen molar-refractivity contribution in [3.8, 4) is 0 Å². The molecule has 0 aliphatic carbocycles. The summed E-state index contributed by atoms with van der Waals surface area (Å²) < 4.78 is 25.7. The van der Waals surface area contributed by atoms with Gasteiger partial charge in [-0.1, -0.05) is 34.8 Å². The molecule has 0 saturated heterocycles. The van der Waals surface area contributed by atoms with E-state index >= 15 is 0 Å². The molecule has 128 valence electrons. The lowest BCUT2D eigenvalue weighted by atomic mass is 10.3. The SMILES string of the molecule is CN(CC(=O)Nc1ccc(Cl)c(Cl)c1)S(=O)(=O)c1ccc(Cl)cc1. The second-order valence-corrected chi connectivity index (χ2v) is 8.19. The van der Waals surface area contributed by atoms with Gasteiger partial charge in [-0.2, -0.15) is 4.31 Å². The highest BCUT2D eigenvalue weighted by Gasteiger charge is 2.23. The van der Waals surface area contributed by atoms with Gasteiger partial charge in [0.15, 0.2) is 0 Å². The van der Waals surface area contributed by atoms with Crippen molar-refractivity contribution in [2.45, 2.75) is 4.90 Å². The maximum absolute atomic E-state index is 12.4. The monoisotopic (exact) mass is 406 g/mol. The fourth-order valence-electron chi connectivity index (χ4n) is 1.85. The smallest absolute Gasteiger partial charge is 0.243 e. The van der Waals surface area contributed by atoms with Gasteiger partial charge in [0.25, 0.3) is 0 Å². The molecule has 0 bridgehead atoms. The molecule has 0 atom stereocenters. The average molecular weight is 408 g/mol. The largest absolute Gasteiger partial charge is 0.325 e. The molecule has 2 aromatic carbocycles. The number of rotatable bonds is 5. The Labute approximate surface area is 155 Å². The first-order chi connectivity index (χ1) is 11.2. The van der Waals surface area contributed by atoms with E-state index in [-0.39, 0.29) is 16.5 Å². The summed E-state index contributed by atoms with van der Waals surface area (Å²) in [5.74, 6) is -0.506. The molecule has 5 nitrogen and oxygen atoms in total. The topological polar surface area (TPSA) is 66.5 Å². The van der Waals surface area contributed by atoms with Crippen LogP contribution in [0.25, 0.3) is 0 Å². The van der Waals surface area contributed by atoms with Crippen LogP contribution in [0.3, 0.4) is 0 Å². The number of nitrogens with zero attached hydrogens (tertiary/aromatic N) is 1. The predicted octanol–water partition coefficient (Wildman–Crippen LogP) is 3.91. The van der Waals surface area contributed by atoms with Gasteiger partial charge in [-0.15, -0.1) is 0 Å². The summed E-state index contributed by atoms with van der Waals surface area (Å²) in [4.78, 5) is 12.1. The molecule has 2 aromatic rings. The first-order valence-electron chi connectivity index (χ1n) is 6.67. The normalized spacial score (nSPS) is 11.5. The van der Waals surface area contributed by atoms with Gasteiger partial charge < -0.3 is 5.32 Å². The van der Waals surface area contributed by atoms with Gasteiger partial charge in [-0.25, -0.2) is 8.42 Å². The van der Waals surface area contributed by atoms with E-state index in [1.165, 1.54) is 43.4 Å². The molecule has 0 unspecified atom stereocenters. The summed E-state index contributed by atoms with van der Waals surface area (Å²) in [7, 11) is -2.47. The predicted molar refractivity (Wildman–Crippen MR) is 96.4 cm³/mol. The molecule has 9 heteroatoms. The number of hydrogen-bond acceptors (Lipinski definition) is 3. The molecular weight excluding hydrogens is 395 g/mol. The van der Waals surface area contributed by atoms with E-state index in [2.05, 4.69) is 5.32 Å². The molecule has 0 radical (unpaired) electrons. The van der Waals surface area contributed by atoms with Crippen molar-refractivity contribution < 1.29 is 13.2 Å².